The number of nitrogens with zero attached hydrogens (tertiary/aromatic N) is 4. The number of carbonyl (C=O) groups excluding carboxylic acids is 2. The maximum Gasteiger partial charge on any atom is 0.295 e. The summed E-state index contributed by atoms with van der Waals surface area (Å²) >= 11 is 0. The second-order valence-corrected chi connectivity index (χ2v) is 7.73. The van der Waals surface area contributed by atoms with E-state index < -0.39 is 17.7 Å². The van der Waals surface area contributed by atoms with Crippen LogP contribution in [0.25, 0.3) is 5.76 Å². The Labute approximate surface area is 185 Å². The Morgan fingerprint density at radius 2 is 1.94 bits per heavy atom. The molecule has 2 aromatic heterocycles. The fraction of sp³-hybridized carbons (Fsp3) is 0.304. The molecule has 1 amide bonds. The summed E-state index contributed by atoms with van der Waals surface area (Å²) in [6.45, 7) is 4.50. The molecular weight excluding hydrogens is 410 g/mol. The van der Waals surface area contributed by atoms with E-state index in [-0.39, 0.29) is 11.3 Å². The van der Waals surface area contributed by atoms with Crippen LogP contribution in [0.5, 0.6) is 5.75 Å². The lowest BCUT2D eigenvalue weighted by molar-refractivity contribution is -0.139. The van der Waals surface area contributed by atoms with Crippen molar-refractivity contribution in [3.8, 4) is 5.75 Å². The lowest BCUT2D eigenvalue weighted by Crippen LogP contribution is -2.31. The van der Waals surface area contributed by atoms with E-state index in [1.54, 1.807) is 57.7 Å². The molecule has 3 heterocycles. The number of methoxy groups -OCH3 is 1. The molecule has 0 saturated carbocycles. The number of hydrogen-bond acceptors (Lipinski definition) is 6. The molecule has 1 aliphatic heterocycles. The Kier molecular flexibility index (Phi) is 5.81. The zero-order valence-electron chi connectivity index (χ0n) is 18.2. The third kappa shape index (κ3) is 3.77. The molecule has 32 heavy (non-hydrogen) atoms. The molecule has 1 fully saturated rings. The summed E-state index contributed by atoms with van der Waals surface area (Å²) < 4.78 is 7.16. The number of carbonyl (C=O) groups is 2. The van der Waals surface area contributed by atoms with E-state index in [2.05, 4.69) is 15.2 Å². The first-order valence-electron chi connectivity index (χ1n) is 10.3. The first-order chi connectivity index (χ1) is 15.4. The van der Waals surface area contributed by atoms with Crippen LogP contribution in [0.3, 0.4) is 0 Å². The van der Waals surface area contributed by atoms with Crippen molar-refractivity contribution >= 4 is 17.4 Å². The highest BCUT2D eigenvalue weighted by Crippen LogP contribution is 2.40. The number of hydrogen-bond donors (Lipinski definition) is 2. The van der Waals surface area contributed by atoms with Gasteiger partial charge < -0.3 is 19.3 Å². The van der Waals surface area contributed by atoms with Gasteiger partial charge in [0.1, 0.15) is 11.5 Å². The first-order valence-corrected chi connectivity index (χ1v) is 10.3. The van der Waals surface area contributed by atoms with Crippen LogP contribution in [0.15, 0.2) is 48.6 Å². The van der Waals surface area contributed by atoms with Gasteiger partial charge in [-0.05, 0) is 38.0 Å². The number of aliphatic hydroxyl groups is 1. The first kappa shape index (κ1) is 21.4. The second-order valence-electron chi connectivity index (χ2n) is 7.73. The summed E-state index contributed by atoms with van der Waals surface area (Å²) in [7, 11) is 1.57. The minimum Gasteiger partial charge on any atom is -0.507 e. The van der Waals surface area contributed by atoms with Crippen LogP contribution < -0.4 is 4.74 Å². The minimum atomic E-state index is -0.711. The normalized spacial score (nSPS) is 17.8. The summed E-state index contributed by atoms with van der Waals surface area (Å²) in [6, 6.07) is 6.45. The number of aromatic amines is 1. The van der Waals surface area contributed by atoms with Gasteiger partial charge in [0.05, 0.1) is 36.3 Å². The van der Waals surface area contributed by atoms with E-state index in [0.717, 1.165) is 0 Å². The molecule has 0 bridgehead atoms. The number of likely N-dealkylation sites (tertiary alicyclic amines) is 1. The standard InChI is InChI=1S/C23H25N5O4/c1-14-18(15(2)26-25-14)21(29)19-20(16-5-7-17(32-3)8-6-16)28(23(31)22(19)30)11-4-10-27-12-9-24-13-27/h5-9,12-13,20,29H,4,10-11H2,1-3H3,(H,25,26)/b21-19+. The molecule has 0 radical (unpaired) electrons. The van der Waals surface area contributed by atoms with Crippen molar-refractivity contribution in [2.75, 3.05) is 13.7 Å². The van der Waals surface area contributed by atoms with E-state index >= 15 is 0 Å². The largest absolute Gasteiger partial charge is 0.507 e. The number of H-pyrrole nitrogens is 1. The molecule has 4 rings (SSSR count). The SMILES string of the molecule is COc1ccc(C2/C(=C(\O)c3c(C)n[nH]c3C)C(=O)C(=O)N2CCCn2ccnc2)cc1. The highest BCUT2D eigenvalue weighted by atomic mass is 16.5. The molecule has 1 saturated heterocycles. The van der Waals surface area contributed by atoms with E-state index in [4.69, 9.17) is 4.74 Å². The van der Waals surface area contributed by atoms with E-state index in [0.29, 0.717) is 47.8 Å². The van der Waals surface area contributed by atoms with Crippen LogP contribution in [0.2, 0.25) is 0 Å². The Bertz CT molecular complexity index is 1140. The number of benzene rings is 1. The molecule has 9 nitrogen and oxygen atoms in total. The highest BCUT2D eigenvalue weighted by Gasteiger charge is 2.46. The minimum absolute atomic E-state index is 0.0652. The van der Waals surface area contributed by atoms with Gasteiger partial charge in [0, 0.05) is 31.2 Å². The van der Waals surface area contributed by atoms with Gasteiger partial charge in [0.25, 0.3) is 11.7 Å². The molecule has 3 aromatic rings. The molecular formula is C23H25N5O4. The zero-order valence-corrected chi connectivity index (χ0v) is 18.2. The van der Waals surface area contributed by atoms with Crippen LogP contribution in [0, 0.1) is 13.8 Å². The molecule has 1 aromatic carbocycles. The number of rotatable bonds is 7. The summed E-state index contributed by atoms with van der Waals surface area (Å²) in [5.74, 6) is -0.889. The van der Waals surface area contributed by atoms with Gasteiger partial charge in [-0.1, -0.05) is 12.1 Å². The fourth-order valence-corrected chi connectivity index (χ4v) is 4.12. The van der Waals surface area contributed by atoms with Gasteiger partial charge in [0.2, 0.25) is 0 Å². The third-order valence-corrected chi connectivity index (χ3v) is 5.71. The Morgan fingerprint density at radius 3 is 2.53 bits per heavy atom. The number of aromatic nitrogens is 4. The summed E-state index contributed by atoms with van der Waals surface area (Å²) in [5.41, 5.74) is 2.41. The molecule has 1 unspecified atom stereocenters. The summed E-state index contributed by atoms with van der Waals surface area (Å²) in [4.78, 5) is 31.7. The molecule has 9 heteroatoms. The van der Waals surface area contributed by atoms with Crippen LogP contribution in [-0.4, -0.2) is 55.1 Å². The number of aryl methyl sites for hydroxylation is 3. The van der Waals surface area contributed by atoms with E-state index in [1.165, 1.54) is 4.90 Å². The van der Waals surface area contributed by atoms with Crippen molar-refractivity contribution in [1.29, 1.82) is 0 Å². The topological polar surface area (TPSA) is 113 Å². The third-order valence-electron chi connectivity index (χ3n) is 5.71. The quantitative estimate of drug-likeness (QED) is 0.335. The smallest absolute Gasteiger partial charge is 0.295 e. The second kappa shape index (κ2) is 8.70. The van der Waals surface area contributed by atoms with Crippen molar-refractivity contribution < 1.29 is 19.4 Å². The van der Waals surface area contributed by atoms with Crippen LogP contribution >= 0.6 is 0 Å². The Morgan fingerprint density at radius 1 is 1.19 bits per heavy atom. The number of ketones is 1. The predicted octanol–water partition coefficient (Wildman–Crippen LogP) is 2.74. The van der Waals surface area contributed by atoms with Gasteiger partial charge in [-0.25, -0.2) is 4.98 Å². The number of nitrogens with one attached hydrogen (secondary N) is 1. The maximum atomic E-state index is 13.1. The van der Waals surface area contributed by atoms with Gasteiger partial charge in [-0.2, -0.15) is 5.10 Å². The van der Waals surface area contributed by atoms with Gasteiger partial charge in [-0.15, -0.1) is 0 Å². The van der Waals surface area contributed by atoms with Crippen molar-refractivity contribution in [1.82, 2.24) is 24.6 Å². The molecule has 0 spiro atoms. The number of aliphatic hydroxyl groups excluding tert-OH is 1. The summed E-state index contributed by atoms with van der Waals surface area (Å²) in [5, 5.41) is 18.1. The molecule has 166 valence electrons. The van der Waals surface area contributed by atoms with E-state index in [1.807, 2.05) is 10.8 Å². The van der Waals surface area contributed by atoms with Gasteiger partial charge in [0.15, 0.2) is 0 Å². The van der Waals surface area contributed by atoms with Crippen LogP contribution in [-0.2, 0) is 16.1 Å². The number of Topliss-reactive ketones (excluding diaryl/α,β-unsaturated/α-hetero) is 1. The van der Waals surface area contributed by atoms with Gasteiger partial charge in [-0.3, -0.25) is 14.7 Å². The van der Waals surface area contributed by atoms with Crippen molar-refractivity contribution in [2.45, 2.75) is 32.9 Å². The Hall–Kier alpha value is -3.88. The fourth-order valence-electron chi connectivity index (χ4n) is 4.12. The lowest BCUT2D eigenvalue weighted by atomic mass is 9.94. The van der Waals surface area contributed by atoms with Crippen LogP contribution in [0.1, 0.15) is 35.0 Å². The number of imidazole rings is 1. The van der Waals surface area contributed by atoms with E-state index in [9.17, 15) is 14.7 Å². The number of ether oxygens (including phenoxy) is 1. The molecule has 2 N–H and O–H groups in total. The monoisotopic (exact) mass is 435 g/mol. The van der Waals surface area contributed by atoms with Gasteiger partial charge >= 0.3 is 0 Å². The summed E-state index contributed by atoms with van der Waals surface area (Å²) in [6.07, 6.45) is 5.87. The molecule has 1 atom stereocenters. The van der Waals surface area contributed by atoms with Crippen LogP contribution in [0.4, 0.5) is 0 Å². The predicted molar refractivity (Wildman–Crippen MR) is 117 cm³/mol. The zero-order chi connectivity index (χ0) is 22.8. The molecule has 0 aliphatic carbocycles. The average molecular weight is 435 g/mol. The highest BCUT2D eigenvalue weighted by molar-refractivity contribution is 6.46. The maximum absolute atomic E-state index is 13.1. The molecule has 1 aliphatic rings. The average Bonchev–Trinajstić information content (AvgIpc) is 3.49. The number of amides is 1. The van der Waals surface area contributed by atoms with Crippen molar-refractivity contribution in [3.63, 3.8) is 0 Å². The lowest BCUT2D eigenvalue weighted by Gasteiger charge is -2.25. The van der Waals surface area contributed by atoms with Crippen molar-refractivity contribution in [3.05, 3.63) is 71.1 Å². The van der Waals surface area contributed by atoms with Crippen molar-refractivity contribution in [2.24, 2.45) is 0 Å². The Balaban J connectivity index is 1.75.